The zero-order valence-electron chi connectivity index (χ0n) is 15.4. The molecule has 0 N–H and O–H groups in total. The lowest BCUT2D eigenvalue weighted by Crippen LogP contribution is -2.31. The molecule has 1 fully saturated rings. The Morgan fingerprint density at radius 3 is 2.72 bits per heavy atom. The number of amides is 1. The van der Waals surface area contributed by atoms with Crippen LogP contribution in [0.3, 0.4) is 0 Å². The minimum absolute atomic E-state index is 0.0664. The zero-order valence-corrected chi connectivity index (χ0v) is 17.0. The molecule has 1 amide bonds. The maximum absolute atomic E-state index is 13.4. The maximum Gasteiger partial charge on any atom is 0.294 e. The highest BCUT2D eigenvalue weighted by Gasteiger charge is 2.33. The van der Waals surface area contributed by atoms with Gasteiger partial charge in [-0.2, -0.15) is 11.3 Å². The summed E-state index contributed by atoms with van der Waals surface area (Å²) in [7, 11) is 0. The van der Waals surface area contributed by atoms with Crippen LogP contribution in [0.2, 0.25) is 0 Å². The first-order valence-electron chi connectivity index (χ1n) is 9.30. The summed E-state index contributed by atoms with van der Waals surface area (Å²) in [6, 6.07) is 12.0. The number of hydrogen-bond donors (Lipinski definition) is 0. The van der Waals surface area contributed by atoms with Crippen molar-refractivity contribution >= 4 is 28.6 Å². The summed E-state index contributed by atoms with van der Waals surface area (Å²) in [6.45, 7) is 0.693. The summed E-state index contributed by atoms with van der Waals surface area (Å²) >= 11 is 3.16. The molecule has 3 aromatic heterocycles. The van der Waals surface area contributed by atoms with Crippen LogP contribution in [0.5, 0.6) is 0 Å². The Bertz CT molecular complexity index is 1120. The average molecular weight is 425 g/mol. The van der Waals surface area contributed by atoms with Gasteiger partial charge in [-0.1, -0.05) is 6.07 Å². The van der Waals surface area contributed by atoms with Crippen molar-refractivity contribution < 1.29 is 9.18 Å². The molecule has 1 unspecified atom stereocenters. The fraction of sp³-hybridized carbons (Fsp3) is 0.190. The predicted molar refractivity (Wildman–Crippen MR) is 112 cm³/mol. The van der Waals surface area contributed by atoms with Crippen molar-refractivity contribution in [3.8, 4) is 16.4 Å². The fourth-order valence-electron chi connectivity index (χ4n) is 3.68. The van der Waals surface area contributed by atoms with Gasteiger partial charge >= 0.3 is 0 Å². The van der Waals surface area contributed by atoms with Crippen molar-refractivity contribution in [2.24, 2.45) is 0 Å². The molecule has 1 aliphatic heterocycles. The molecule has 4 aromatic rings. The van der Waals surface area contributed by atoms with E-state index in [1.54, 1.807) is 28.2 Å². The molecule has 1 atom stereocenters. The van der Waals surface area contributed by atoms with Crippen molar-refractivity contribution in [3.63, 3.8) is 0 Å². The zero-order chi connectivity index (χ0) is 19.8. The van der Waals surface area contributed by atoms with Crippen LogP contribution in [-0.4, -0.2) is 32.1 Å². The first-order chi connectivity index (χ1) is 14.2. The predicted octanol–water partition coefficient (Wildman–Crippen LogP) is 5.17. The van der Waals surface area contributed by atoms with Gasteiger partial charge in [-0.3, -0.25) is 4.79 Å². The van der Waals surface area contributed by atoms with Gasteiger partial charge in [0.05, 0.1) is 16.6 Å². The van der Waals surface area contributed by atoms with Crippen LogP contribution in [0.25, 0.3) is 16.4 Å². The van der Waals surface area contributed by atoms with Gasteiger partial charge in [0.15, 0.2) is 5.82 Å². The van der Waals surface area contributed by atoms with Crippen molar-refractivity contribution in [1.29, 1.82) is 0 Å². The molecular formula is C21H17FN4OS2. The van der Waals surface area contributed by atoms with Gasteiger partial charge in [0.2, 0.25) is 5.82 Å². The van der Waals surface area contributed by atoms with E-state index in [1.807, 2.05) is 27.8 Å². The molecule has 1 aromatic carbocycles. The second kappa shape index (κ2) is 7.53. The van der Waals surface area contributed by atoms with Gasteiger partial charge in [-0.25, -0.2) is 14.1 Å². The van der Waals surface area contributed by atoms with E-state index < -0.39 is 0 Å². The Balaban J connectivity index is 1.54. The third kappa shape index (κ3) is 3.38. The lowest BCUT2D eigenvalue weighted by molar-refractivity contribution is 0.0723. The van der Waals surface area contributed by atoms with E-state index in [9.17, 15) is 9.18 Å². The molecular weight excluding hydrogens is 407 g/mol. The normalized spacial score (nSPS) is 16.4. The van der Waals surface area contributed by atoms with E-state index in [0.717, 1.165) is 23.3 Å². The highest BCUT2D eigenvalue weighted by atomic mass is 32.1. The molecule has 5 nitrogen and oxygen atoms in total. The summed E-state index contributed by atoms with van der Waals surface area (Å²) in [5.74, 6) is 0.261. The first kappa shape index (κ1) is 18.2. The Morgan fingerprint density at radius 2 is 2.00 bits per heavy atom. The summed E-state index contributed by atoms with van der Waals surface area (Å²) < 4.78 is 15.0. The molecule has 1 saturated heterocycles. The smallest absolute Gasteiger partial charge is 0.294 e. The second-order valence-electron chi connectivity index (χ2n) is 6.84. The number of likely N-dealkylation sites (tertiary alicyclic amines) is 1. The van der Waals surface area contributed by atoms with Gasteiger partial charge in [0.25, 0.3) is 5.91 Å². The largest absolute Gasteiger partial charge is 0.329 e. The quantitative estimate of drug-likeness (QED) is 0.454. The summed E-state index contributed by atoms with van der Waals surface area (Å²) in [5.41, 5.74) is 1.83. The number of halogens is 1. The first-order valence-corrected chi connectivity index (χ1v) is 11.1. The van der Waals surface area contributed by atoms with Gasteiger partial charge < -0.3 is 4.90 Å². The van der Waals surface area contributed by atoms with Crippen LogP contribution < -0.4 is 0 Å². The number of thiophene rings is 2. The number of aromatic nitrogens is 3. The molecule has 0 aliphatic carbocycles. The van der Waals surface area contributed by atoms with Crippen molar-refractivity contribution in [2.45, 2.75) is 18.9 Å². The van der Waals surface area contributed by atoms with E-state index in [-0.39, 0.29) is 23.6 Å². The van der Waals surface area contributed by atoms with Gasteiger partial charge in [-0.15, -0.1) is 16.4 Å². The molecule has 0 radical (unpaired) electrons. The third-order valence-electron chi connectivity index (χ3n) is 5.05. The number of carbonyl (C=O) groups excluding carboxylic acids is 1. The number of benzene rings is 1. The molecule has 4 heterocycles. The van der Waals surface area contributed by atoms with Crippen LogP contribution >= 0.6 is 22.7 Å². The van der Waals surface area contributed by atoms with Crippen molar-refractivity contribution in [3.05, 3.63) is 75.8 Å². The van der Waals surface area contributed by atoms with E-state index in [0.29, 0.717) is 18.1 Å². The third-order valence-corrected chi connectivity index (χ3v) is 6.62. The van der Waals surface area contributed by atoms with Crippen LogP contribution in [-0.2, 0) is 0 Å². The highest BCUT2D eigenvalue weighted by Crippen LogP contribution is 2.34. The molecule has 29 heavy (non-hydrogen) atoms. The summed E-state index contributed by atoms with van der Waals surface area (Å²) in [4.78, 5) is 20.7. The number of nitrogens with zero attached hydrogens (tertiary/aromatic N) is 4. The molecule has 0 saturated carbocycles. The maximum atomic E-state index is 13.4. The Kier molecular flexibility index (Phi) is 4.73. The average Bonchev–Trinajstić information content (AvgIpc) is 3.54. The second-order valence-corrected chi connectivity index (χ2v) is 8.57. The van der Waals surface area contributed by atoms with E-state index in [1.165, 1.54) is 23.5 Å². The van der Waals surface area contributed by atoms with E-state index in [2.05, 4.69) is 21.5 Å². The Morgan fingerprint density at radius 1 is 1.14 bits per heavy atom. The summed E-state index contributed by atoms with van der Waals surface area (Å²) in [5, 5.41) is 10.6. The van der Waals surface area contributed by atoms with E-state index >= 15 is 0 Å². The SMILES string of the molecule is O=C(c1nc(-c2cccs2)n(-c2ccc(F)cc2)n1)N1CCCC1c1ccsc1. The lowest BCUT2D eigenvalue weighted by atomic mass is 10.1. The Labute approximate surface area is 175 Å². The van der Waals surface area contributed by atoms with Gasteiger partial charge in [0, 0.05) is 6.54 Å². The van der Waals surface area contributed by atoms with Gasteiger partial charge in [-0.05, 0) is 70.9 Å². The highest BCUT2D eigenvalue weighted by molar-refractivity contribution is 7.13. The topological polar surface area (TPSA) is 51.0 Å². The van der Waals surface area contributed by atoms with Crippen LogP contribution in [0.1, 0.15) is 35.1 Å². The molecule has 8 heteroatoms. The fourth-order valence-corrected chi connectivity index (χ4v) is 5.09. The minimum Gasteiger partial charge on any atom is -0.329 e. The summed E-state index contributed by atoms with van der Waals surface area (Å²) in [6.07, 6.45) is 1.90. The number of hydrogen-bond acceptors (Lipinski definition) is 5. The molecule has 0 bridgehead atoms. The van der Waals surface area contributed by atoms with Crippen molar-refractivity contribution in [1.82, 2.24) is 19.7 Å². The van der Waals surface area contributed by atoms with Crippen LogP contribution in [0.15, 0.2) is 58.6 Å². The Hall–Kier alpha value is -2.84. The van der Waals surface area contributed by atoms with Gasteiger partial charge in [0.1, 0.15) is 5.82 Å². The minimum atomic E-state index is -0.321. The van der Waals surface area contributed by atoms with Crippen LogP contribution in [0, 0.1) is 5.82 Å². The van der Waals surface area contributed by atoms with Crippen molar-refractivity contribution in [2.75, 3.05) is 6.54 Å². The number of rotatable bonds is 4. The van der Waals surface area contributed by atoms with E-state index in [4.69, 9.17) is 0 Å². The molecule has 146 valence electrons. The number of carbonyl (C=O) groups is 1. The standard InChI is InChI=1S/C21H17FN4OS2/c22-15-5-7-16(8-6-15)26-20(18-4-2-11-29-18)23-19(24-26)21(27)25-10-1-3-17(25)14-9-12-28-13-14/h2,4-9,11-13,17H,1,3,10H2. The lowest BCUT2D eigenvalue weighted by Gasteiger charge is -2.22. The molecule has 5 rings (SSSR count). The van der Waals surface area contributed by atoms with Crippen LogP contribution in [0.4, 0.5) is 4.39 Å². The monoisotopic (exact) mass is 424 g/mol. The molecule has 0 spiro atoms. The molecule has 1 aliphatic rings.